The molecule has 0 saturated carbocycles. The summed E-state index contributed by atoms with van der Waals surface area (Å²) >= 11 is 5.72. The summed E-state index contributed by atoms with van der Waals surface area (Å²) in [6, 6.07) is 5.34. The fraction of sp³-hybridized carbons (Fsp3) is 0.500. The highest BCUT2D eigenvalue weighted by molar-refractivity contribution is 6.30. The van der Waals surface area contributed by atoms with Crippen molar-refractivity contribution in [1.29, 1.82) is 0 Å². The first-order chi connectivity index (χ1) is 7.66. The van der Waals surface area contributed by atoms with E-state index in [1.165, 1.54) is 6.07 Å². The molecule has 0 aliphatic carbocycles. The van der Waals surface area contributed by atoms with Crippen LogP contribution in [0.5, 0.6) is 0 Å². The number of nitrogens with one attached hydrogen (secondary N) is 1. The average Bonchev–Trinajstić information content (AvgIpc) is 2.25. The lowest BCUT2D eigenvalue weighted by molar-refractivity contribution is 0.164. The van der Waals surface area contributed by atoms with Crippen LogP contribution < -0.4 is 5.32 Å². The van der Waals surface area contributed by atoms with Crippen molar-refractivity contribution >= 4 is 24.0 Å². The topological polar surface area (TPSA) is 15.3 Å². The van der Waals surface area contributed by atoms with Gasteiger partial charge >= 0.3 is 0 Å². The standard InChI is InChI=1S/C12H16ClFN2.ClH/c1-9-7-15-4-5-16(9)8-10-2-3-11(13)6-12(10)14;/h2-3,6,9,15H,4-5,7-8H2,1H3;1H. The molecule has 1 aliphatic heterocycles. The van der Waals surface area contributed by atoms with Crippen molar-refractivity contribution in [3.63, 3.8) is 0 Å². The summed E-state index contributed by atoms with van der Waals surface area (Å²) < 4.78 is 13.6. The van der Waals surface area contributed by atoms with Gasteiger partial charge < -0.3 is 5.32 Å². The Balaban J connectivity index is 0.00000144. The molecule has 1 fully saturated rings. The largest absolute Gasteiger partial charge is 0.314 e. The van der Waals surface area contributed by atoms with Crippen molar-refractivity contribution in [2.24, 2.45) is 0 Å². The van der Waals surface area contributed by atoms with Crippen molar-refractivity contribution in [2.45, 2.75) is 19.5 Å². The number of rotatable bonds is 2. The van der Waals surface area contributed by atoms with Crippen molar-refractivity contribution in [1.82, 2.24) is 10.2 Å². The van der Waals surface area contributed by atoms with Gasteiger partial charge in [-0.25, -0.2) is 4.39 Å². The molecule has 1 aromatic carbocycles. The van der Waals surface area contributed by atoms with Gasteiger partial charge in [0, 0.05) is 42.8 Å². The van der Waals surface area contributed by atoms with Crippen molar-refractivity contribution < 1.29 is 4.39 Å². The highest BCUT2D eigenvalue weighted by atomic mass is 35.5. The second-order valence-corrected chi connectivity index (χ2v) is 4.70. The molecule has 2 nitrogen and oxygen atoms in total. The summed E-state index contributed by atoms with van der Waals surface area (Å²) in [6.07, 6.45) is 0. The van der Waals surface area contributed by atoms with Crippen LogP contribution in [-0.2, 0) is 6.54 Å². The van der Waals surface area contributed by atoms with Gasteiger partial charge in [0.25, 0.3) is 0 Å². The summed E-state index contributed by atoms with van der Waals surface area (Å²) in [5.74, 6) is -0.210. The maximum Gasteiger partial charge on any atom is 0.129 e. The van der Waals surface area contributed by atoms with E-state index in [1.54, 1.807) is 12.1 Å². The molecule has 1 unspecified atom stereocenters. The molecule has 1 heterocycles. The Morgan fingerprint density at radius 2 is 2.29 bits per heavy atom. The monoisotopic (exact) mass is 278 g/mol. The average molecular weight is 279 g/mol. The first-order valence-electron chi connectivity index (χ1n) is 5.55. The Morgan fingerprint density at radius 1 is 1.53 bits per heavy atom. The first-order valence-corrected chi connectivity index (χ1v) is 5.93. The first kappa shape index (κ1) is 14.7. The van der Waals surface area contributed by atoms with E-state index < -0.39 is 0 Å². The molecule has 1 N–H and O–H groups in total. The third-order valence-electron chi connectivity index (χ3n) is 3.03. The van der Waals surface area contributed by atoms with E-state index in [-0.39, 0.29) is 18.2 Å². The Morgan fingerprint density at radius 3 is 2.94 bits per heavy atom. The highest BCUT2D eigenvalue weighted by Crippen LogP contribution is 2.17. The van der Waals surface area contributed by atoms with Crippen LogP contribution in [0.1, 0.15) is 12.5 Å². The van der Waals surface area contributed by atoms with E-state index in [9.17, 15) is 4.39 Å². The summed E-state index contributed by atoms with van der Waals surface area (Å²) in [4.78, 5) is 2.28. The minimum atomic E-state index is -0.210. The maximum absolute atomic E-state index is 13.6. The molecule has 0 radical (unpaired) electrons. The zero-order chi connectivity index (χ0) is 11.5. The molecule has 1 aliphatic rings. The van der Waals surface area contributed by atoms with Gasteiger partial charge in [0.2, 0.25) is 0 Å². The Bertz CT molecular complexity index is 374. The number of piperazine rings is 1. The normalized spacial score (nSPS) is 21.0. The second-order valence-electron chi connectivity index (χ2n) is 4.26. The van der Waals surface area contributed by atoms with E-state index >= 15 is 0 Å². The quantitative estimate of drug-likeness (QED) is 0.895. The lowest BCUT2D eigenvalue weighted by Gasteiger charge is -2.33. The van der Waals surface area contributed by atoms with Gasteiger partial charge in [-0.05, 0) is 19.1 Å². The lowest BCUT2D eigenvalue weighted by atomic mass is 10.1. The van der Waals surface area contributed by atoms with Crippen LogP contribution in [0.15, 0.2) is 18.2 Å². The van der Waals surface area contributed by atoms with Crippen LogP contribution in [0.3, 0.4) is 0 Å². The smallest absolute Gasteiger partial charge is 0.129 e. The molecule has 0 bridgehead atoms. The molecule has 0 spiro atoms. The van der Waals surface area contributed by atoms with Crippen molar-refractivity contribution in [3.05, 3.63) is 34.6 Å². The molecule has 5 heteroatoms. The molecule has 1 aromatic rings. The molecule has 96 valence electrons. The molecule has 0 aromatic heterocycles. The van der Waals surface area contributed by atoms with Gasteiger partial charge in [-0.2, -0.15) is 0 Å². The molecule has 17 heavy (non-hydrogen) atoms. The van der Waals surface area contributed by atoms with E-state index in [0.717, 1.165) is 25.2 Å². The Labute approximate surface area is 113 Å². The molecule has 2 rings (SSSR count). The Kier molecular flexibility index (Phi) is 5.67. The van der Waals surface area contributed by atoms with E-state index in [1.807, 2.05) is 0 Å². The van der Waals surface area contributed by atoms with Crippen LogP contribution in [0.4, 0.5) is 4.39 Å². The third kappa shape index (κ3) is 3.81. The zero-order valence-electron chi connectivity index (χ0n) is 9.75. The van der Waals surface area contributed by atoms with E-state index in [4.69, 9.17) is 11.6 Å². The van der Waals surface area contributed by atoms with Gasteiger partial charge in [-0.1, -0.05) is 17.7 Å². The minimum Gasteiger partial charge on any atom is -0.314 e. The lowest BCUT2D eigenvalue weighted by Crippen LogP contribution is -2.49. The summed E-state index contributed by atoms with van der Waals surface area (Å²) in [5, 5.41) is 3.77. The van der Waals surface area contributed by atoms with Gasteiger partial charge in [0.1, 0.15) is 5.82 Å². The van der Waals surface area contributed by atoms with E-state index in [2.05, 4.69) is 17.1 Å². The minimum absolute atomic E-state index is 0. The SMILES string of the molecule is CC1CNCCN1Cc1ccc(Cl)cc1F.Cl. The van der Waals surface area contributed by atoms with Gasteiger partial charge in [-0.3, -0.25) is 4.90 Å². The second kappa shape index (κ2) is 6.55. The molecule has 0 amide bonds. The molecular formula is C12H17Cl2FN2. The summed E-state index contributed by atoms with van der Waals surface area (Å²) in [7, 11) is 0. The van der Waals surface area contributed by atoms with Crippen LogP contribution in [0, 0.1) is 5.82 Å². The van der Waals surface area contributed by atoms with Crippen LogP contribution >= 0.6 is 24.0 Å². The number of hydrogen-bond donors (Lipinski definition) is 1. The number of hydrogen-bond acceptors (Lipinski definition) is 2. The van der Waals surface area contributed by atoms with Gasteiger partial charge in [0.05, 0.1) is 0 Å². The highest BCUT2D eigenvalue weighted by Gasteiger charge is 2.18. The van der Waals surface area contributed by atoms with Crippen molar-refractivity contribution in [3.8, 4) is 0 Å². The fourth-order valence-electron chi connectivity index (χ4n) is 1.99. The predicted octanol–water partition coefficient (Wildman–Crippen LogP) is 2.69. The Hall–Kier alpha value is -0.350. The summed E-state index contributed by atoms with van der Waals surface area (Å²) in [5.41, 5.74) is 0.721. The molecule has 1 saturated heterocycles. The maximum atomic E-state index is 13.6. The zero-order valence-corrected chi connectivity index (χ0v) is 11.3. The number of nitrogens with zero attached hydrogens (tertiary/aromatic N) is 1. The van der Waals surface area contributed by atoms with Crippen LogP contribution in [-0.4, -0.2) is 30.6 Å². The van der Waals surface area contributed by atoms with Gasteiger partial charge in [0.15, 0.2) is 0 Å². The molecular weight excluding hydrogens is 262 g/mol. The fourth-order valence-corrected chi connectivity index (χ4v) is 2.15. The van der Waals surface area contributed by atoms with Crippen LogP contribution in [0.2, 0.25) is 5.02 Å². The predicted molar refractivity (Wildman–Crippen MR) is 71.4 cm³/mol. The summed E-state index contributed by atoms with van der Waals surface area (Å²) in [6.45, 7) is 5.71. The third-order valence-corrected chi connectivity index (χ3v) is 3.26. The van der Waals surface area contributed by atoms with E-state index in [0.29, 0.717) is 17.6 Å². The molecule has 1 atom stereocenters. The number of halogens is 3. The van der Waals surface area contributed by atoms with Crippen molar-refractivity contribution in [2.75, 3.05) is 19.6 Å². The number of benzene rings is 1. The van der Waals surface area contributed by atoms with Gasteiger partial charge in [-0.15, -0.1) is 12.4 Å². The van der Waals surface area contributed by atoms with Crippen LogP contribution in [0.25, 0.3) is 0 Å².